The number of hydrogen-bond acceptors (Lipinski definition) is 5. The number of likely N-dealkylation sites (tertiary alicyclic amines) is 1. The number of carbonyl (C=O) groups is 3. The van der Waals surface area contributed by atoms with E-state index in [1.54, 1.807) is 29.2 Å². The van der Waals surface area contributed by atoms with Gasteiger partial charge in [-0.15, -0.1) is 0 Å². The number of esters is 1. The average molecular weight is 360 g/mol. The molecule has 0 saturated carbocycles. The number of carbonyl (C=O) groups excluding carboxylic acids is 3. The van der Waals surface area contributed by atoms with Crippen molar-refractivity contribution in [2.45, 2.75) is 33.1 Å². The van der Waals surface area contributed by atoms with E-state index in [0.717, 1.165) is 19.3 Å². The Kier molecular flexibility index (Phi) is 6.77. The maximum Gasteiger partial charge on any atom is 0.308 e. The molecule has 0 aromatic heterocycles. The highest BCUT2D eigenvalue weighted by Gasteiger charge is 2.21. The summed E-state index contributed by atoms with van der Waals surface area (Å²) in [6, 6.07) is 4.92. The van der Waals surface area contributed by atoms with E-state index in [4.69, 9.17) is 9.47 Å². The van der Waals surface area contributed by atoms with Gasteiger partial charge < -0.3 is 19.7 Å². The summed E-state index contributed by atoms with van der Waals surface area (Å²) in [6.07, 6.45) is 4.63. The Morgan fingerprint density at radius 1 is 1.08 bits per heavy atom. The van der Waals surface area contributed by atoms with Crippen molar-refractivity contribution in [3.8, 4) is 11.5 Å². The summed E-state index contributed by atoms with van der Waals surface area (Å²) >= 11 is 0. The van der Waals surface area contributed by atoms with Crippen molar-refractivity contribution in [3.05, 3.63) is 29.5 Å². The molecule has 1 aliphatic rings. The number of hydrogen-bond donors (Lipinski definition) is 1. The second-order valence-corrected chi connectivity index (χ2v) is 6.10. The van der Waals surface area contributed by atoms with Crippen molar-refractivity contribution in [2.75, 3.05) is 20.2 Å². The predicted molar refractivity (Wildman–Crippen MR) is 96.5 cm³/mol. The first kappa shape index (κ1) is 19.5. The molecule has 1 N–H and O–H groups in total. The van der Waals surface area contributed by atoms with E-state index >= 15 is 0 Å². The summed E-state index contributed by atoms with van der Waals surface area (Å²) in [5.41, 5.74) is 0.855. The molecule has 7 nitrogen and oxygen atoms in total. The van der Waals surface area contributed by atoms with Crippen molar-refractivity contribution in [1.29, 1.82) is 0 Å². The van der Waals surface area contributed by atoms with Crippen LogP contribution in [-0.4, -0.2) is 42.9 Å². The van der Waals surface area contributed by atoms with Crippen molar-refractivity contribution in [1.82, 2.24) is 10.2 Å². The summed E-state index contributed by atoms with van der Waals surface area (Å²) in [5, 5.41) is 2.61. The zero-order chi connectivity index (χ0) is 19.1. The molecule has 1 aliphatic heterocycles. The van der Waals surface area contributed by atoms with Gasteiger partial charge in [0, 0.05) is 26.9 Å². The van der Waals surface area contributed by atoms with Crippen molar-refractivity contribution in [3.63, 3.8) is 0 Å². The molecule has 0 radical (unpaired) electrons. The molecule has 0 aliphatic carbocycles. The minimum atomic E-state index is -0.453. The average Bonchev–Trinajstić information content (AvgIpc) is 2.61. The molecule has 0 atom stereocenters. The third-order valence-electron chi connectivity index (χ3n) is 3.94. The lowest BCUT2D eigenvalue weighted by Gasteiger charge is -2.27. The fourth-order valence-corrected chi connectivity index (χ4v) is 2.79. The molecular weight excluding hydrogens is 336 g/mol. The Hall–Kier alpha value is -2.83. The van der Waals surface area contributed by atoms with E-state index in [2.05, 4.69) is 5.32 Å². The Bertz CT molecular complexity index is 721. The molecule has 0 bridgehead atoms. The highest BCUT2D eigenvalue weighted by atomic mass is 16.6. The standard InChI is InChI=1S/C19H24N2O5/c1-13(22)20-16(19(24)21-9-5-4-6-10-21)11-15-7-8-17(26-14(2)23)18(12-15)25-3/h7-8,11-12H,4-6,9-10H2,1-3H3,(H,20,22)/b16-11-. The van der Waals surface area contributed by atoms with Crippen LogP contribution in [0.3, 0.4) is 0 Å². The fraction of sp³-hybridized carbons (Fsp3) is 0.421. The number of benzene rings is 1. The monoisotopic (exact) mass is 360 g/mol. The van der Waals surface area contributed by atoms with Gasteiger partial charge in [-0.3, -0.25) is 14.4 Å². The number of amides is 2. The van der Waals surface area contributed by atoms with E-state index in [1.165, 1.54) is 21.0 Å². The van der Waals surface area contributed by atoms with Crippen LogP contribution < -0.4 is 14.8 Å². The first-order valence-electron chi connectivity index (χ1n) is 8.55. The van der Waals surface area contributed by atoms with Gasteiger partial charge >= 0.3 is 5.97 Å². The van der Waals surface area contributed by atoms with Gasteiger partial charge in [0.1, 0.15) is 5.70 Å². The second kappa shape index (κ2) is 9.03. The zero-order valence-corrected chi connectivity index (χ0v) is 15.3. The van der Waals surface area contributed by atoms with Gasteiger partial charge in [-0.2, -0.15) is 0 Å². The molecule has 2 rings (SSSR count). The third kappa shape index (κ3) is 5.34. The van der Waals surface area contributed by atoms with Crippen LogP contribution >= 0.6 is 0 Å². The van der Waals surface area contributed by atoms with Crippen LogP contribution in [0.5, 0.6) is 11.5 Å². The highest BCUT2D eigenvalue weighted by molar-refractivity contribution is 6.01. The summed E-state index contributed by atoms with van der Waals surface area (Å²) < 4.78 is 10.3. The molecule has 1 fully saturated rings. The molecule has 1 aromatic rings. The smallest absolute Gasteiger partial charge is 0.308 e. The highest BCUT2D eigenvalue weighted by Crippen LogP contribution is 2.29. The first-order chi connectivity index (χ1) is 12.4. The lowest BCUT2D eigenvalue weighted by molar-refractivity contribution is -0.132. The lowest BCUT2D eigenvalue weighted by Crippen LogP contribution is -2.40. The topological polar surface area (TPSA) is 84.9 Å². The van der Waals surface area contributed by atoms with Gasteiger partial charge in [-0.05, 0) is 43.0 Å². The Balaban J connectivity index is 2.31. The van der Waals surface area contributed by atoms with Gasteiger partial charge in [0.05, 0.1) is 7.11 Å². The Morgan fingerprint density at radius 2 is 1.77 bits per heavy atom. The molecule has 7 heteroatoms. The molecule has 26 heavy (non-hydrogen) atoms. The van der Waals surface area contributed by atoms with E-state index in [9.17, 15) is 14.4 Å². The molecule has 2 amide bonds. The Morgan fingerprint density at radius 3 is 2.35 bits per heavy atom. The summed E-state index contributed by atoms with van der Waals surface area (Å²) in [6.45, 7) is 4.04. The van der Waals surface area contributed by atoms with Gasteiger partial charge in [-0.1, -0.05) is 6.07 Å². The molecule has 0 unspecified atom stereocenters. The van der Waals surface area contributed by atoms with Crippen LogP contribution in [0, 0.1) is 0 Å². The van der Waals surface area contributed by atoms with Crippen molar-refractivity contribution < 1.29 is 23.9 Å². The SMILES string of the molecule is COc1cc(/C=C(\NC(C)=O)C(=O)N2CCCCC2)ccc1OC(C)=O. The number of rotatable bonds is 5. The second-order valence-electron chi connectivity index (χ2n) is 6.10. The number of nitrogens with zero attached hydrogens (tertiary/aromatic N) is 1. The molecule has 1 saturated heterocycles. The van der Waals surface area contributed by atoms with Gasteiger partial charge in [0.15, 0.2) is 11.5 Å². The largest absolute Gasteiger partial charge is 0.493 e. The van der Waals surface area contributed by atoms with Gasteiger partial charge in [0.2, 0.25) is 5.91 Å². The van der Waals surface area contributed by atoms with Crippen LogP contribution in [-0.2, 0) is 14.4 Å². The first-order valence-corrected chi connectivity index (χ1v) is 8.55. The number of ether oxygens (including phenoxy) is 2. The van der Waals surface area contributed by atoms with E-state index in [-0.39, 0.29) is 17.5 Å². The summed E-state index contributed by atoms with van der Waals surface area (Å²) in [4.78, 5) is 37.2. The minimum absolute atomic E-state index is 0.206. The quantitative estimate of drug-likeness (QED) is 0.494. The zero-order valence-electron chi connectivity index (χ0n) is 15.3. The number of piperidine rings is 1. The molecule has 1 aromatic carbocycles. The predicted octanol–water partition coefficient (Wildman–Crippen LogP) is 2.11. The minimum Gasteiger partial charge on any atom is -0.493 e. The molecule has 1 heterocycles. The van der Waals surface area contributed by atoms with Gasteiger partial charge in [-0.25, -0.2) is 0 Å². The van der Waals surface area contributed by atoms with Crippen LogP contribution in [0.2, 0.25) is 0 Å². The van der Waals surface area contributed by atoms with E-state index in [1.807, 2.05) is 0 Å². The van der Waals surface area contributed by atoms with Crippen LogP contribution in [0.25, 0.3) is 6.08 Å². The fourth-order valence-electron chi connectivity index (χ4n) is 2.79. The van der Waals surface area contributed by atoms with Crippen LogP contribution in [0.15, 0.2) is 23.9 Å². The number of methoxy groups -OCH3 is 1. The Labute approximate surface area is 153 Å². The van der Waals surface area contributed by atoms with Crippen LogP contribution in [0.1, 0.15) is 38.7 Å². The normalized spacial score (nSPS) is 14.6. The van der Waals surface area contributed by atoms with Crippen molar-refractivity contribution >= 4 is 23.9 Å². The lowest BCUT2D eigenvalue weighted by atomic mass is 10.1. The summed E-state index contributed by atoms with van der Waals surface area (Å²) in [5.74, 6) is -0.319. The maximum atomic E-state index is 12.7. The van der Waals surface area contributed by atoms with Gasteiger partial charge in [0.25, 0.3) is 5.91 Å². The van der Waals surface area contributed by atoms with Crippen molar-refractivity contribution in [2.24, 2.45) is 0 Å². The van der Waals surface area contributed by atoms with E-state index < -0.39 is 5.97 Å². The van der Waals surface area contributed by atoms with E-state index in [0.29, 0.717) is 30.2 Å². The number of nitrogens with one attached hydrogen (secondary N) is 1. The molecule has 140 valence electrons. The third-order valence-corrected chi connectivity index (χ3v) is 3.94. The maximum absolute atomic E-state index is 12.7. The molecular formula is C19H24N2O5. The summed E-state index contributed by atoms with van der Waals surface area (Å²) in [7, 11) is 1.46. The van der Waals surface area contributed by atoms with Crippen LogP contribution in [0.4, 0.5) is 0 Å². The molecule has 0 spiro atoms.